The number of fused-ring (bicyclic) bond motifs is 1. The van der Waals surface area contributed by atoms with Crippen molar-refractivity contribution in [2.75, 3.05) is 19.5 Å². The van der Waals surface area contributed by atoms with Crippen LogP contribution >= 0.6 is 11.6 Å². The van der Waals surface area contributed by atoms with E-state index in [0.717, 1.165) is 6.07 Å². The molecule has 0 aliphatic rings. The SMILES string of the molecule is COc1cc2ncnc(Nc3cc(O)c(Cl)cc3F)c2cc1OC. The van der Waals surface area contributed by atoms with E-state index in [4.69, 9.17) is 21.1 Å². The minimum absolute atomic E-state index is 0.0340. The predicted molar refractivity (Wildman–Crippen MR) is 89.0 cm³/mol. The Kier molecular flexibility index (Phi) is 4.26. The molecule has 3 aromatic rings. The Balaban J connectivity index is 2.11. The number of ether oxygens (including phenoxy) is 2. The van der Waals surface area contributed by atoms with Gasteiger partial charge in [-0.25, -0.2) is 14.4 Å². The maximum Gasteiger partial charge on any atom is 0.162 e. The number of benzene rings is 2. The van der Waals surface area contributed by atoms with Gasteiger partial charge in [0.05, 0.1) is 30.4 Å². The number of phenolic OH excluding ortho intramolecular Hbond substituents is 1. The third-order valence-corrected chi connectivity index (χ3v) is 3.73. The first-order valence-electron chi connectivity index (χ1n) is 6.85. The molecule has 0 saturated heterocycles. The lowest BCUT2D eigenvalue weighted by Gasteiger charge is -2.13. The van der Waals surface area contributed by atoms with Crippen LogP contribution < -0.4 is 14.8 Å². The Labute approximate surface area is 141 Å². The van der Waals surface area contributed by atoms with E-state index in [2.05, 4.69) is 15.3 Å². The van der Waals surface area contributed by atoms with Crippen LogP contribution in [0.1, 0.15) is 0 Å². The summed E-state index contributed by atoms with van der Waals surface area (Å²) in [6.45, 7) is 0. The minimum Gasteiger partial charge on any atom is -0.506 e. The Morgan fingerprint density at radius 1 is 1.08 bits per heavy atom. The molecule has 124 valence electrons. The van der Waals surface area contributed by atoms with Gasteiger partial charge in [-0.15, -0.1) is 0 Å². The highest BCUT2D eigenvalue weighted by Crippen LogP contribution is 2.36. The fourth-order valence-electron chi connectivity index (χ4n) is 2.24. The molecule has 2 aromatic carbocycles. The molecule has 8 heteroatoms. The zero-order valence-corrected chi connectivity index (χ0v) is 13.6. The highest BCUT2D eigenvalue weighted by atomic mass is 35.5. The first-order valence-corrected chi connectivity index (χ1v) is 7.23. The minimum atomic E-state index is -0.620. The molecule has 0 bridgehead atoms. The summed E-state index contributed by atoms with van der Waals surface area (Å²) in [5, 5.41) is 13.0. The number of anilines is 2. The smallest absolute Gasteiger partial charge is 0.162 e. The summed E-state index contributed by atoms with van der Waals surface area (Å²) in [5.41, 5.74) is 0.621. The molecular weight excluding hydrogens is 337 g/mol. The van der Waals surface area contributed by atoms with Crippen LogP contribution in [0, 0.1) is 5.82 Å². The normalized spacial score (nSPS) is 10.7. The summed E-state index contributed by atoms with van der Waals surface area (Å²) < 4.78 is 24.5. The van der Waals surface area contributed by atoms with E-state index in [9.17, 15) is 9.50 Å². The van der Waals surface area contributed by atoms with Crippen LogP contribution in [-0.4, -0.2) is 29.3 Å². The standard InChI is InChI=1S/C16H13ClFN3O3/c1-23-14-3-8-11(6-15(14)24-2)19-7-20-16(8)21-12-5-13(22)9(17)4-10(12)18/h3-7,22H,1-2H3,(H,19,20,21). The van der Waals surface area contributed by atoms with Crippen LogP contribution in [0.2, 0.25) is 5.02 Å². The van der Waals surface area contributed by atoms with Gasteiger partial charge in [0.25, 0.3) is 0 Å². The fraction of sp³-hybridized carbons (Fsp3) is 0.125. The molecule has 0 radical (unpaired) electrons. The van der Waals surface area contributed by atoms with Crippen molar-refractivity contribution in [3.8, 4) is 17.2 Å². The molecule has 0 unspecified atom stereocenters. The summed E-state index contributed by atoms with van der Waals surface area (Å²) in [6.07, 6.45) is 1.34. The second kappa shape index (κ2) is 6.37. The maximum absolute atomic E-state index is 14.0. The Bertz CT molecular complexity index is 921. The van der Waals surface area contributed by atoms with Crippen LogP contribution in [0.3, 0.4) is 0 Å². The van der Waals surface area contributed by atoms with E-state index in [0.29, 0.717) is 28.2 Å². The first kappa shape index (κ1) is 16.1. The molecular formula is C16H13ClFN3O3. The van der Waals surface area contributed by atoms with Crippen LogP contribution in [0.15, 0.2) is 30.6 Å². The van der Waals surface area contributed by atoms with Gasteiger partial charge in [0.15, 0.2) is 11.5 Å². The lowest BCUT2D eigenvalue weighted by Crippen LogP contribution is -1.99. The summed E-state index contributed by atoms with van der Waals surface area (Å²) in [6, 6.07) is 5.58. The molecule has 1 aromatic heterocycles. The molecule has 0 spiro atoms. The monoisotopic (exact) mass is 349 g/mol. The summed E-state index contributed by atoms with van der Waals surface area (Å²) in [4.78, 5) is 8.30. The predicted octanol–water partition coefficient (Wildman–Crippen LogP) is 3.89. The van der Waals surface area contributed by atoms with Crippen molar-refractivity contribution in [3.05, 3.63) is 41.4 Å². The number of nitrogens with zero attached hydrogens (tertiary/aromatic N) is 2. The number of aromatic hydroxyl groups is 1. The highest BCUT2D eigenvalue weighted by molar-refractivity contribution is 6.32. The second-order valence-corrected chi connectivity index (χ2v) is 5.26. The number of methoxy groups -OCH3 is 2. The maximum atomic E-state index is 14.0. The zero-order valence-electron chi connectivity index (χ0n) is 12.8. The number of aromatic nitrogens is 2. The van der Waals surface area contributed by atoms with Crippen molar-refractivity contribution in [2.24, 2.45) is 0 Å². The Morgan fingerprint density at radius 2 is 1.79 bits per heavy atom. The molecule has 0 aliphatic carbocycles. The summed E-state index contributed by atoms with van der Waals surface area (Å²) in [5.74, 6) is 0.497. The van der Waals surface area contributed by atoms with Crippen molar-refractivity contribution in [1.82, 2.24) is 9.97 Å². The van der Waals surface area contributed by atoms with Crippen molar-refractivity contribution in [3.63, 3.8) is 0 Å². The van der Waals surface area contributed by atoms with Crippen molar-refractivity contribution in [2.45, 2.75) is 0 Å². The molecule has 3 rings (SSSR count). The first-order chi connectivity index (χ1) is 11.5. The van der Waals surface area contributed by atoms with E-state index in [1.807, 2.05) is 0 Å². The summed E-state index contributed by atoms with van der Waals surface area (Å²) >= 11 is 5.68. The average Bonchev–Trinajstić information content (AvgIpc) is 2.58. The van der Waals surface area contributed by atoms with Crippen LogP contribution in [0.5, 0.6) is 17.2 Å². The number of phenols is 1. The lowest BCUT2D eigenvalue weighted by atomic mass is 10.2. The third kappa shape index (κ3) is 2.85. The highest BCUT2D eigenvalue weighted by Gasteiger charge is 2.13. The number of hydrogen-bond donors (Lipinski definition) is 2. The van der Waals surface area contributed by atoms with E-state index < -0.39 is 5.82 Å². The van der Waals surface area contributed by atoms with E-state index in [1.54, 1.807) is 12.1 Å². The van der Waals surface area contributed by atoms with Crippen LogP contribution in [0.25, 0.3) is 10.9 Å². The Hall–Kier alpha value is -2.80. The van der Waals surface area contributed by atoms with Gasteiger partial charge in [-0.05, 0) is 12.1 Å². The van der Waals surface area contributed by atoms with Gasteiger partial charge in [-0.3, -0.25) is 0 Å². The molecule has 0 fully saturated rings. The second-order valence-electron chi connectivity index (χ2n) is 4.86. The molecule has 6 nitrogen and oxygen atoms in total. The topological polar surface area (TPSA) is 76.5 Å². The van der Waals surface area contributed by atoms with Crippen LogP contribution in [-0.2, 0) is 0 Å². The lowest BCUT2D eigenvalue weighted by molar-refractivity contribution is 0.356. The third-order valence-electron chi connectivity index (χ3n) is 3.43. The fourth-order valence-corrected chi connectivity index (χ4v) is 2.39. The van der Waals surface area contributed by atoms with Crippen molar-refractivity contribution in [1.29, 1.82) is 0 Å². The molecule has 2 N–H and O–H groups in total. The number of nitrogens with one attached hydrogen (secondary N) is 1. The number of rotatable bonds is 4. The van der Waals surface area contributed by atoms with Gasteiger partial charge in [-0.2, -0.15) is 0 Å². The van der Waals surface area contributed by atoms with Crippen molar-refractivity contribution < 1.29 is 19.0 Å². The summed E-state index contributed by atoms with van der Waals surface area (Å²) in [7, 11) is 3.04. The average molecular weight is 350 g/mol. The van der Waals surface area contributed by atoms with E-state index in [1.165, 1.54) is 26.6 Å². The number of halogens is 2. The van der Waals surface area contributed by atoms with Gasteiger partial charge in [0, 0.05) is 17.5 Å². The quantitative estimate of drug-likeness (QED) is 0.744. The number of hydrogen-bond acceptors (Lipinski definition) is 6. The molecule has 0 atom stereocenters. The van der Waals surface area contributed by atoms with Gasteiger partial charge >= 0.3 is 0 Å². The van der Waals surface area contributed by atoms with E-state index >= 15 is 0 Å². The van der Waals surface area contributed by atoms with Gasteiger partial charge in [0.1, 0.15) is 23.7 Å². The van der Waals surface area contributed by atoms with Crippen molar-refractivity contribution >= 4 is 34.0 Å². The molecule has 24 heavy (non-hydrogen) atoms. The molecule has 1 heterocycles. The largest absolute Gasteiger partial charge is 0.506 e. The Morgan fingerprint density at radius 3 is 2.50 bits per heavy atom. The molecule has 0 saturated carbocycles. The van der Waals surface area contributed by atoms with Gasteiger partial charge < -0.3 is 19.9 Å². The zero-order chi connectivity index (χ0) is 17.3. The van der Waals surface area contributed by atoms with E-state index in [-0.39, 0.29) is 16.5 Å². The molecule has 0 amide bonds. The van der Waals surface area contributed by atoms with Gasteiger partial charge in [0.2, 0.25) is 0 Å². The molecule has 0 aliphatic heterocycles. The van der Waals surface area contributed by atoms with Crippen LogP contribution in [0.4, 0.5) is 15.9 Å². The van der Waals surface area contributed by atoms with Gasteiger partial charge in [-0.1, -0.05) is 11.6 Å².